The predicted molar refractivity (Wildman–Crippen MR) is 57.5 cm³/mol. The van der Waals surface area contributed by atoms with Gasteiger partial charge in [-0.1, -0.05) is 25.0 Å². The summed E-state index contributed by atoms with van der Waals surface area (Å²) >= 11 is 0. The molecule has 0 spiro atoms. The van der Waals surface area contributed by atoms with Gasteiger partial charge in [0.2, 0.25) is 0 Å². The van der Waals surface area contributed by atoms with Crippen LogP contribution in [-0.4, -0.2) is 6.61 Å². The molecule has 1 saturated carbocycles. The van der Waals surface area contributed by atoms with Crippen molar-refractivity contribution in [1.29, 1.82) is 0 Å². The van der Waals surface area contributed by atoms with Crippen molar-refractivity contribution in [3.05, 3.63) is 29.8 Å². The van der Waals surface area contributed by atoms with Crippen LogP contribution >= 0.6 is 0 Å². The van der Waals surface area contributed by atoms with E-state index in [4.69, 9.17) is 4.74 Å². The van der Waals surface area contributed by atoms with Crippen LogP contribution in [0.4, 0.5) is 0 Å². The highest BCUT2D eigenvalue weighted by atomic mass is 16.5. The zero-order valence-electron chi connectivity index (χ0n) is 8.75. The van der Waals surface area contributed by atoms with Crippen molar-refractivity contribution in [2.45, 2.75) is 32.6 Å². The van der Waals surface area contributed by atoms with E-state index >= 15 is 0 Å². The van der Waals surface area contributed by atoms with Crippen LogP contribution in [0.25, 0.3) is 0 Å². The summed E-state index contributed by atoms with van der Waals surface area (Å²) in [5, 5.41) is 0. The standard InChI is InChI=1S/C13H17O/c1-11-6-2-5-9-13(11)14-10-12-7-3-4-8-12/h2,5,9,12H,3-4,7-8,10H2,1H3. The van der Waals surface area contributed by atoms with E-state index in [9.17, 15) is 0 Å². The largest absolute Gasteiger partial charge is 0.493 e. The van der Waals surface area contributed by atoms with Gasteiger partial charge < -0.3 is 4.74 Å². The Kier molecular flexibility index (Phi) is 3.07. The molecule has 0 N–H and O–H groups in total. The molecular formula is C13H17O. The van der Waals surface area contributed by atoms with Gasteiger partial charge in [-0.05, 0) is 43.4 Å². The van der Waals surface area contributed by atoms with Crippen molar-refractivity contribution in [3.8, 4) is 5.75 Å². The minimum Gasteiger partial charge on any atom is -0.493 e. The lowest BCUT2D eigenvalue weighted by Crippen LogP contribution is -2.08. The van der Waals surface area contributed by atoms with Crippen LogP contribution < -0.4 is 4.74 Å². The Balaban J connectivity index is 1.88. The Morgan fingerprint density at radius 2 is 2.21 bits per heavy atom. The van der Waals surface area contributed by atoms with Crippen LogP contribution in [-0.2, 0) is 0 Å². The number of aryl methyl sites for hydroxylation is 1. The summed E-state index contributed by atoms with van der Waals surface area (Å²) in [5.41, 5.74) is 1.12. The molecule has 1 fully saturated rings. The fourth-order valence-electron chi connectivity index (χ4n) is 2.05. The lowest BCUT2D eigenvalue weighted by atomic mass is 10.1. The molecule has 0 aliphatic heterocycles. The maximum atomic E-state index is 5.79. The third kappa shape index (κ3) is 2.28. The highest BCUT2D eigenvalue weighted by Crippen LogP contribution is 2.26. The number of benzene rings is 1. The van der Waals surface area contributed by atoms with Crippen LogP contribution in [0.15, 0.2) is 18.2 Å². The summed E-state index contributed by atoms with van der Waals surface area (Å²) in [4.78, 5) is 0. The average Bonchev–Trinajstić information content (AvgIpc) is 2.69. The van der Waals surface area contributed by atoms with Crippen LogP contribution in [0, 0.1) is 18.9 Å². The summed E-state index contributed by atoms with van der Waals surface area (Å²) in [7, 11) is 0. The van der Waals surface area contributed by atoms with Gasteiger partial charge in [-0.15, -0.1) is 0 Å². The molecule has 14 heavy (non-hydrogen) atoms. The summed E-state index contributed by atoms with van der Waals surface area (Å²) in [5.74, 6) is 1.79. The Morgan fingerprint density at radius 1 is 1.43 bits per heavy atom. The van der Waals surface area contributed by atoms with Crippen molar-refractivity contribution in [1.82, 2.24) is 0 Å². The van der Waals surface area contributed by atoms with E-state index in [1.54, 1.807) is 0 Å². The van der Waals surface area contributed by atoms with Gasteiger partial charge in [-0.25, -0.2) is 0 Å². The first-order chi connectivity index (χ1) is 6.86. The molecule has 0 saturated heterocycles. The summed E-state index contributed by atoms with van der Waals surface area (Å²) in [6, 6.07) is 9.09. The smallest absolute Gasteiger partial charge is 0.122 e. The third-order valence-corrected chi connectivity index (χ3v) is 2.96. The Labute approximate surface area is 86.1 Å². The number of ether oxygens (including phenoxy) is 1. The lowest BCUT2D eigenvalue weighted by molar-refractivity contribution is 0.250. The molecular weight excluding hydrogens is 172 g/mol. The van der Waals surface area contributed by atoms with Crippen molar-refractivity contribution < 1.29 is 4.74 Å². The Hall–Kier alpha value is -0.980. The van der Waals surface area contributed by atoms with Gasteiger partial charge in [0.1, 0.15) is 5.75 Å². The second kappa shape index (κ2) is 4.50. The second-order valence-electron chi connectivity index (χ2n) is 4.12. The molecule has 0 atom stereocenters. The van der Waals surface area contributed by atoms with Gasteiger partial charge in [0.05, 0.1) is 6.61 Å². The minimum atomic E-state index is 0.787. The van der Waals surface area contributed by atoms with Gasteiger partial charge in [-0.3, -0.25) is 0 Å². The van der Waals surface area contributed by atoms with Gasteiger partial charge in [-0.2, -0.15) is 0 Å². The van der Waals surface area contributed by atoms with Crippen LogP contribution in [0.1, 0.15) is 31.2 Å². The maximum Gasteiger partial charge on any atom is 0.122 e. The van der Waals surface area contributed by atoms with Crippen molar-refractivity contribution in [3.63, 3.8) is 0 Å². The van der Waals surface area contributed by atoms with Crippen molar-refractivity contribution >= 4 is 0 Å². The molecule has 0 aromatic heterocycles. The first-order valence-corrected chi connectivity index (χ1v) is 5.46. The van der Waals surface area contributed by atoms with Gasteiger partial charge in [0, 0.05) is 0 Å². The maximum absolute atomic E-state index is 5.79. The Morgan fingerprint density at radius 3 is 2.93 bits per heavy atom. The summed E-state index contributed by atoms with van der Waals surface area (Å²) in [6.07, 6.45) is 5.45. The number of rotatable bonds is 3. The fourth-order valence-corrected chi connectivity index (χ4v) is 2.05. The summed E-state index contributed by atoms with van der Waals surface area (Å²) in [6.45, 7) is 2.93. The molecule has 1 aromatic rings. The highest BCUT2D eigenvalue weighted by Gasteiger charge is 2.15. The highest BCUT2D eigenvalue weighted by molar-refractivity contribution is 5.30. The van der Waals surface area contributed by atoms with E-state index in [0.29, 0.717) is 0 Å². The molecule has 1 aliphatic carbocycles. The molecule has 0 amide bonds. The molecule has 0 heterocycles. The van der Waals surface area contributed by atoms with Crippen molar-refractivity contribution in [2.75, 3.05) is 6.61 Å². The number of hydrogen-bond donors (Lipinski definition) is 0. The SMILES string of the molecule is Cc1[c]cccc1OCC1CCCC1. The van der Waals surface area contributed by atoms with Gasteiger partial charge in [0.25, 0.3) is 0 Å². The molecule has 1 nitrogen and oxygen atoms in total. The van der Waals surface area contributed by atoms with Crippen LogP contribution in [0.2, 0.25) is 0 Å². The molecule has 0 bridgehead atoms. The van der Waals surface area contributed by atoms with Crippen LogP contribution in [0.5, 0.6) is 5.75 Å². The average molecular weight is 189 g/mol. The van der Waals surface area contributed by atoms with Gasteiger partial charge >= 0.3 is 0 Å². The topological polar surface area (TPSA) is 9.23 Å². The molecule has 1 aromatic carbocycles. The van der Waals surface area contributed by atoms with E-state index in [0.717, 1.165) is 23.8 Å². The molecule has 1 heteroatoms. The Bertz CT molecular complexity index is 287. The fraction of sp³-hybridized carbons (Fsp3) is 0.538. The zero-order valence-corrected chi connectivity index (χ0v) is 8.75. The van der Waals surface area contributed by atoms with Crippen molar-refractivity contribution in [2.24, 2.45) is 5.92 Å². The molecule has 2 rings (SSSR count). The van der Waals surface area contributed by atoms with E-state index in [1.165, 1.54) is 25.7 Å². The summed E-state index contributed by atoms with van der Waals surface area (Å²) < 4.78 is 5.79. The molecule has 75 valence electrons. The molecule has 1 radical (unpaired) electrons. The van der Waals surface area contributed by atoms with E-state index < -0.39 is 0 Å². The third-order valence-electron chi connectivity index (χ3n) is 2.96. The zero-order chi connectivity index (χ0) is 9.80. The van der Waals surface area contributed by atoms with E-state index in [1.807, 2.05) is 25.1 Å². The predicted octanol–water partition coefficient (Wildman–Crippen LogP) is 3.36. The first kappa shape index (κ1) is 9.57. The lowest BCUT2D eigenvalue weighted by Gasteiger charge is -2.12. The van der Waals surface area contributed by atoms with Crippen LogP contribution in [0.3, 0.4) is 0 Å². The van der Waals surface area contributed by atoms with Gasteiger partial charge in [0.15, 0.2) is 0 Å². The quantitative estimate of drug-likeness (QED) is 0.708. The number of hydrogen-bond acceptors (Lipinski definition) is 1. The normalized spacial score (nSPS) is 17.2. The van der Waals surface area contributed by atoms with E-state index in [-0.39, 0.29) is 0 Å². The monoisotopic (exact) mass is 189 g/mol. The minimum absolute atomic E-state index is 0.787. The van der Waals surface area contributed by atoms with E-state index in [2.05, 4.69) is 6.07 Å². The molecule has 0 unspecified atom stereocenters. The first-order valence-electron chi connectivity index (χ1n) is 5.46. The second-order valence-corrected chi connectivity index (χ2v) is 4.12. The molecule has 1 aliphatic rings.